The van der Waals surface area contributed by atoms with Gasteiger partial charge in [-0.2, -0.15) is 0 Å². The number of carbonyl (C=O) groups excluding carboxylic acids is 1. The van der Waals surface area contributed by atoms with Crippen LogP contribution in [-0.2, 0) is 4.74 Å². The fourth-order valence-electron chi connectivity index (χ4n) is 1.65. The number of alkyl carbamates (subject to hydrolysis) is 1. The third kappa shape index (κ3) is 6.20. The summed E-state index contributed by atoms with van der Waals surface area (Å²) in [7, 11) is 0. The van der Waals surface area contributed by atoms with Crippen molar-refractivity contribution in [3.63, 3.8) is 0 Å². The van der Waals surface area contributed by atoms with Gasteiger partial charge in [0.1, 0.15) is 11.3 Å². The zero-order valence-electron chi connectivity index (χ0n) is 13.1. The summed E-state index contributed by atoms with van der Waals surface area (Å²) in [6, 6.07) is 3.45. The summed E-state index contributed by atoms with van der Waals surface area (Å²) < 4.78 is 5.04. The fourth-order valence-corrected chi connectivity index (χ4v) is 1.65. The highest BCUT2D eigenvalue weighted by Gasteiger charge is 2.17. The van der Waals surface area contributed by atoms with Gasteiger partial charge in [0.25, 0.3) is 5.69 Å². The van der Waals surface area contributed by atoms with E-state index in [4.69, 9.17) is 9.84 Å². The Labute approximate surface area is 132 Å². The van der Waals surface area contributed by atoms with Gasteiger partial charge in [0.15, 0.2) is 0 Å². The van der Waals surface area contributed by atoms with E-state index in [1.807, 2.05) is 0 Å². The van der Waals surface area contributed by atoms with Crippen molar-refractivity contribution in [3.8, 4) is 0 Å². The molecule has 126 valence electrons. The molecule has 0 heterocycles. The van der Waals surface area contributed by atoms with E-state index in [1.54, 1.807) is 20.8 Å². The average molecular weight is 325 g/mol. The van der Waals surface area contributed by atoms with E-state index in [1.165, 1.54) is 6.07 Å². The van der Waals surface area contributed by atoms with E-state index in [0.717, 1.165) is 12.1 Å². The lowest BCUT2D eigenvalue weighted by Gasteiger charge is -2.19. The summed E-state index contributed by atoms with van der Waals surface area (Å²) in [6.07, 6.45) is -0.604. The van der Waals surface area contributed by atoms with Crippen LogP contribution < -0.4 is 10.6 Å². The number of nitrogens with zero attached hydrogens (tertiary/aromatic N) is 1. The Hall–Kier alpha value is -2.84. The summed E-state index contributed by atoms with van der Waals surface area (Å²) in [5.74, 6) is -1.19. The maximum atomic E-state index is 11.4. The van der Waals surface area contributed by atoms with E-state index in [2.05, 4.69) is 10.6 Å². The van der Waals surface area contributed by atoms with Gasteiger partial charge in [-0.25, -0.2) is 9.59 Å². The molecule has 0 aromatic heterocycles. The molecule has 3 N–H and O–H groups in total. The molecule has 0 radical (unpaired) electrons. The van der Waals surface area contributed by atoms with Crippen LogP contribution in [0.1, 0.15) is 31.1 Å². The summed E-state index contributed by atoms with van der Waals surface area (Å²) >= 11 is 0. The molecule has 0 spiro atoms. The molecule has 1 aromatic rings. The van der Waals surface area contributed by atoms with Crippen LogP contribution in [0.2, 0.25) is 0 Å². The van der Waals surface area contributed by atoms with Crippen LogP contribution in [0, 0.1) is 10.1 Å². The van der Waals surface area contributed by atoms with Gasteiger partial charge in [-0.3, -0.25) is 10.1 Å². The van der Waals surface area contributed by atoms with E-state index < -0.39 is 22.6 Å². The number of nitrogens with one attached hydrogen (secondary N) is 2. The number of anilines is 1. The highest BCUT2D eigenvalue weighted by molar-refractivity contribution is 5.90. The Morgan fingerprint density at radius 1 is 1.30 bits per heavy atom. The fraction of sp³-hybridized carbons (Fsp3) is 0.429. The highest BCUT2D eigenvalue weighted by atomic mass is 16.6. The number of aromatic carboxylic acids is 1. The molecule has 23 heavy (non-hydrogen) atoms. The van der Waals surface area contributed by atoms with Crippen molar-refractivity contribution >= 4 is 23.4 Å². The number of benzene rings is 1. The Balaban J connectivity index is 2.63. The van der Waals surface area contributed by atoms with Gasteiger partial charge < -0.3 is 20.5 Å². The maximum Gasteiger partial charge on any atom is 0.407 e. The van der Waals surface area contributed by atoms with Crippen molar-refractivity contribution in [2.75, 3.05) is 18.4 Å². The summed E-state index contributed by atoms with van der Waals surface area (Å²) in [5, 5.41) is 25.1. The van der Waals surface area contributed by atoms with Crippen LogP contribution in [0.4, 0.5) is 16.2 Å². The first-order valence-corrected chi connectivity index (χ1v) is 6.82. The molecule has 0 bridgehead atoms. The minimum atomic E-state index is -1.19. The Morgan fingerprint density at radius 2 is 1.96 bits per heavy atom. The monoisotopic (exact) mass is 325 g/mol. The number of hydrogen-bond donors (Lipinski definition) is 3. The highest BCUT2D eigenvalue weighted by Crippen LogP contribution is 2.25. The maximum absolute atomic E-state index is 11.4. The standard InChI is InChI=1S/C14H19N3O6/c1-14(2,3)23-13(20)16-7-6-15-10-8-9(12(18)19)4-5-11(10)17(21)22/h4-5,8,15H,6-7H2,1-3H3,(H,16,20)(H,18,19). The quantitative estimate of drug-likeness (QED) is 0.415. The second-order valence-electron chi connectivity index (χ2n) is 5.65. The normalized spacial score (nSPS) is 10.7. The number of rotatable bonds is 6. The Bertz CT molecular complexity index is 609. The summed E-state index contributed by atoms with van der Waals surface area (Å²) in [6.45, 7) is 5.51. The van der Waals surface area contributed by atoms with Gasteiger partial charge in [-0.1, -0.05) is 0 Å². The third-order valence-electron chi connectivity index (χ3n) is 2.55. The van der Waals surface area contributed by atoms with E-state index in [9.17, 15) is 19.7 Å². The van der Waals surface area contributed by atoms with Crippen molar-refractivity contribution in [2.45, 2.75) is 26.4 Å². The zero-order valence-corrected chi connectivity index (χ0v) is 13.1. The lowest BCUT2D eigenvalue weighted by Crippen LogP contribution is -2.35. The topological polar surface area (TPSA) is 131 Å². The van der Waals surface area contributed by atoms with Gasteiger partial charge in [0.2, 0.25) is 0 Å². The van der Waals surface area contributed by atoms with Crippen molar-refractivity contribution in [1.29, 1.82) is 0 Å². The van der Waals surface area contributed by atoms with Crippen LogP contribution in [0.5, 0.6) is 0 Å². The molecule has 0 aliphatic carbocycles. The lowest BCUT2D eigenvalue weighted by atomic mass is 10.1. The molecule has 1 amide bonds. The molecule has 1 rings (SSSR count). The van der Waals surface area contributed by atoms with Crippen molar-refractivity contribution in [2.24, 2.45) is 0 Å². The summed E-state index contributed by atoms with van der Waals surface area (Å²) in [5.41, 5.74) is -0.863. The number of hydrogen-bond acceptors (Lipinski definition) is 6. The molecule has 0 aliphatic rings. The van der Waals surface area contributed by atoms with Crippen LogP contribution >= 0.6 is 0 Å². The molecular weight excluding hydrogens is 306 g/mol. The van der Waals surface area contributed by atoms with Crippen LogP contribution in [0.3, 0.4) is 0 Å². The number of nitro groups is 1. The van der Waals surface area contributed by atoms with Gasteiger partial charge in [-0.05, 0) is 32.9 Å². The molecule has 0 aliphatic heterocycles. The van der Waals surface area contributed by atoms with Crippen LogP contribution in [0.15, 0.2) is 18.2 Å². The van der Waals surface area contributed by atoms with Crippen molar-refractivity contribution < 1.29 is 24.4 Å². The van der Waals surface area contributed by atoms with Gasteiger partial charge in [-0.15, -0.1) is 0 Å². The summed E-state index contributed by atoms with van der Waals surface area (Å²) in [4.78, 5) is 32.7. The predicted molar refractivity (Wildman–Crippen MR) is 82.8 cm³/mol. The Morgan fingerprint density at radius 3 is 2.48 bits per heavy atom. The molecule has 1 aromatic carbocycles. The molecule has 0 atom stereocenters. The van der Waals surface area contributed by atoms with Crippen LogP contribution in [0.25, 0.3) is 0 Å². The number of amides is 1. The molecule has 0 unspecified atom stereocenters. The average Bonchev–Trinajstić information content (AvgIpc) is 2.41. The number of ether oxygens (including phenoxy) is 1. The predicted octanol–water partition coefficient (Wildman–Crippen LogP) is 2.23. The number of nitro benzene ring substituents is 1. The first-order valence-electron chi connectivity index (χ1n) is 6.82. The second-order valence-corrected chi connectivity index (χ2v) is 5.65. The minimum Gasteiger partial charge on any atom is -0.478 e. The van der Waals surface area contributed by atoms with Gasteiger partial charge >= 0.3 is 12.1 Å². The molecule has 9 nitrogen and oxygen atoms in total. The minimum absolute atomic E-state index is 0.0703. The van der Waals surface area contributed by atoms with E-state index >= 15 is 0 Å². The largest absolute Gasteiger partial charge is 0.478 e. The first-order chi connectivity index (χ1) is 10.6. The first kappa shape index (κ1) is 18.2. The molecular formula is C14H19N3O6. The van der Waals surface area contributed by atoms with Crippen molar-refractivity contribution in [1.82, 2.24) is 5.32 Å². The van der Waals surface area contributed by atoms with Gasteiger partial charge in [0.05, 0.1) is 10.5 Å². The van der Waals surface area contributed by atoms with Gasteiger partial charge in [0, 0.05) is 19.2 Å². The number of carboxylic acids is 1. The second kappa shape index (κ2) is 7.43. The molecule has 0 saturated heterocycles. The number of carboxylic acid groups (broad SMARTS) is 1. The third-order valence-corrected chi connectivity index (χ3v) is 2.55. The molecule has 0 saturated carbocycles. The van der Waals surface area contributed by atoms with Crippen molar-refractivity contribution in [3.05, 3.63) is 33.9 Å². The SMILES string of the molecule is CC(C)(C)OC(=O)NCCNc1cc(C(=O)O)ccc1[N+](=O)[O-]. The molecule has 9 heteroatoms. The molecule has 0 fully saturated rings. The Kier molecular flexibility index (Phi) is 5.88. The van der Waals surface area contributed by atoms with E-state index in [0.29, 0.717) is 0 Å². The van der Waals surface area contributed by atoms with E-state index in [-0.39, 0.29) is 30.0 Å². The number of carbonyl (C=O) groups is 2. The smallest absolute Gasteiger partial charge is 0.407 e. The lowest BCUT2D eigenvalue weighted by molar-refractivity contribution is -0.384. The van der Waals surface area contributed by atoms with Crippen LogP contribution in [-0.4, -0.2) is 40.8 Å². The zero-order chi connectivity index (χ0) is 17.6.